The monoisotopic (exact) mass is 448 g/mol. The highest BCUT2D eigenvalue weighted by Gasteiger charge is 2.30. The van der Waals surface area contributed by atoms with Crippen LogP contribution in [0.1, 0.15) is 15.9 Å². The van der Waals surface area contributed by atoms with Crippen LogP contribution >= 0.6 is 34.5 Å². The van der Waals surface area contributed by atoms with Gasteiger partial charge in [0.25, 0.3) is 5.91 Å². The fourth-order valence-electron chi connectivity index (χ4n) is 2.58. The fraction of sp³-hybridized carbons (Fsp3) is 0.222. The predicted octanol–water partition coefficient (Wildman–Crippen LogP) is 5.42. The summed E-state index contributed by atoms with van der Waals surface area (Å²) in [7, 11) is 1.53. The molecule has 0 atom stereocenters. The van der Waals surface area contributed by atoms with E-state index in [9.17, 15) is 18.0 Å². The summed E-state index contributed by atoms with van der Waals surface area (Å²) in [5.41, 5.74) is -0.439. The highest BCUT2D eigenvalue weighted by molar-refractivity contribution is 7.16. The van der Waals surface area contributed by atoms with Crippen LogP contribution in [0.4, 0.5) is 13.2 Å². The van der Waals surface area contributed by atoms with E-state index in [1.165, 1.54) is 19.2 Å². The molecule has 1 aromatic heterocycles. The number of hydrogen-bond donors (Lipinski definition) is 0. The van der Waals surface area contributed by atoms with E-state index in [0.29, 0.717) is 38.2 Å². The highest BCUT2D eigenvalue weighted by Crippen LogP contribution is 2.31. The standard InChI is InChI=1S/C18H13Cl2F3N2O2S/c1-27-6-5-25-15-13(20)8-12(19)9-14(15)28-17(25)24-16(26)10-3-2-4-11(7-10)18(21,22)23/h2-4,7-9H,5-6H2,1H3. The van der Waals surface area contributed by atoms with E-state index in [4.69, 9.17) is 27.9 Å². The summed E-state index contributed by atoms with van der Waals surface area (Å²) >= 11 is 13.5. The van der Waals surface area contributed by atoms with E-state index in [-0.39, 0.29) is 5.56 Å². The molecule has 0 N–H and O–H groups in total. The van der Waals surface area contributed by atoms with Gasteiger partial charge in [-0.1, -0.05) is 40.6 Å². The number of thiazole rings is 1. The van der Waals surface area contributed by atoms with Crippen LogP contribution in [0.25, 0.3) is 10.2 Å². The topological polar surface area (TPSA) is 43.6 Å². The summed E-state index contributed by atoms with van der Waals surface area (Å²) in [6.07, 6.45) is -4.55. The molecule has 0 fully saturated rings. The number of carbonyl (C=O) groups excluding carboxylic acids is 1. The summed E-state index contributed by atoms with van der Waals surface area (Å²) < 4.78 is 46.2. The van der Waals surface area contributed by atoms with Crippen molar-refractivity contribution < 1.29 is 22.7 Å². The molecule has 1 heterocycles. The number of nitrogens with zero attached hydrogens (tertiary/aromatic N) is 2. The van der Waals surface area contributed by atoms with Crippen molar-refractivity contribution >= 4 is 50.7 Å². The Balaban J connectivity index is 2.13. The molecule has 0 aliphatic heterocycles. The van der Waals surface area contributed by atoms with Gasteiger partial charge in [-0.3, -0.25) is 4.79 Å². The number of benzene rings is 2. The second-order valence-corrected chi connectivity index (χ2v) is 7.61. The lowest BCUT2D eigenvalue weighted by molar-refractivity contribution is -0.137. The maximum atomic E-state index is 12.9. The minimum atomic E-state index is -4.55. The maximum Gasteiger partial charge on any atom is 0.416 e. The summed E-state index contributed by atoms with van der Waals surface area (Å²) in [5.74, 6) is -0.786. The van der Waals surface area contributed by atoms with Gasteiger partial charge in [0.1, 0.15) is 0 Å². The van der Waals surface area contributed by atoms with Crippen molar-refractivity contribution in [1.29, 1.82) is 0 Å². The molecule has 148 valence electrons. The zero-order valence-electron chi connectivity index (χ0n) is 14.4. The molecule has 1 amide bonds. The lowest BCUT2D eigenvalue weighted by Crippen LogP contribution is -2.19. The van der Waals surface area contributed by atoms with Gasteiger partial charge in [0.15, 0.2) is 4.80 Å². The van der Waals surface area contributed by atoms with Crippen molar-refractivity contribution in [2.24, 2.45) is 4.99 Å². The molecule has 0 aliphatic rings. The van der Waals surface area contributed by atoms with Gasteiger partial charge in [0.05, 0.1) is 27.4 Å². The van der Waals surface area contributed by atoms with Crippen LogP contribution in [0.2, 0.25) is 10.0 Å². The van der Waals surface area contributed by atoms with Crippen molar-refractivity contribution in [1.82, 2.24) is 4.57 Å². The first kappa shape index (κ1) is 20.9. The summed E-state index contributed by atoms with van der Waals surface area (Å²) in [5, 5.41) is 0.802. The predicted molar refractivity (Wildman–Crippen MR) is 103 cm³/mol. The van der Waals surface area contributed by atoms with Gasteiger partial charge in [-0.05, 0) is 30.3 Å². The number of carbonyl (C=O) groups is 1. The second kappa shape index (κ2) is 8.24. The zero-order chi connectivity index (χ0) is 20.5. The number of alkyl halides is 3. The first-order valence-electron chi connectivity index (χ1n) is 7.94. The number of hydrogen-bond acceptors (Lipinski definition) is 3. The highest BCUT2D eigenvalue weighted by atomic mass is 35.5. The molecule has 0 aliphatic carbocycles. The molecule has 0 radical (unpaired) electrons. The summed E-state index contributed by atoms with van der Waals surface area (Å²) in [6.45, 7) is 0.683. The van der Waals surface area contributed by atoms with Gasteiger partial charge in [-0.15, -0.1) is 0 Å². The van der Waals surface area contributed by atoms with Crippen molar-refractivity contribution in [3.05, 3.63) is 62.4 Å². The quantitative estimate of drug-likeness (QED) is 0.534. The lowest BCUT2D eigenvalue weighted by Gasteiger charge is -2.07. The number of ether oxygens (including phenoxy) is 1. The smallest absolute Gasteiger partial charge is 0.383 e. The van der Waals surface area contributed by atoms with Crippen molar-refractivity contribution in [2.75, 3.05) is 13.7 Å². The third kappa shape index (κ3) is 4.41. The van der Waals surface area contributed by atoms with Crippen LogP contribution in [-0.2, 0) is 17.5 Å². The number of fused-ring (bicyclic) bond motifs is 1. The number of methoxy groups -OCH3 is 1. The molecule has 0 bridgehead atoms. The van der Waals surface area contributed by atoms with Gasteiger partial charge in [-0.25, -0.2) is 0 Å². The Morgan fingerprint density at radius 3 is 2.68 bits per heavy atom. The Bertz CT molecular complexity index is 1110. The van der Waals surface area contributed by atoms with E-state index in [2.05, 4.69) is 4.99 Å². The van der Waals surface area contributed by atoms with Gasteiger partial charge in [0, 0.05) is 24.2 Å². The first-order valence-corrected chi connectivity index (χ1v) is 9.51. The first-order chi connectivity index (χ1) is 13.2. The molecule has 2 aromatic carbocycles. The second-order valence-electron chi connectivity index (χ2n) is 5.76. The molecule has 28 heavy (non-hydrogen) atoms. The Kier molecular flexibility index (Phi) is 6.14. The Labute approximate surface area is 171 Å². The third-order valence-electron chi connectivity index (χ3n) is 3.85. The molecule has 0 saturated heterocycles. The number of halogens is 5. The number of amides is 1. The van der Waals surface area contributed by atoms with E-state index < -0.39 is 17.6 Å². The Hall–Kier alpha value is -1.87. The molecular weight excluding hydrogens is 436 g/mol. The largest absolute Gasteiger partial charge is 0.416 e. The van der Waals surface area contributed by atoms with Crippen molar-refractivity contribution in [2.45, 2.75) is 12.7 Å². The maximum absolute atomic E-state index is 12.9. The minimum Gasteiger partial charge on any atom is -0.383 e. The van der Waals surface area contributed by atoms with Crippen LogP contribution < -0.4 is 4.80 Å². The van der Waals surface area contributed by atoms with Gasteiger partial charge in [0.2, 0.25) is 0 Å². The normalized spacial score (nSPS) is 12.7. The molecule has 0 spiro atoms. The molecule has 0 saturated carbocycles. The van der Waals surface area contributed by atoms with Crippen LogP contribution in [0.3, 0.4) is 0 Å². The fourth-order valence-corrected chi connectivity index (χ4v) is 4.42. The van der Waals surface area contributed by atoms with E-state index in [0.717, 1.165) is 23.5 Å². The van der Waals surface area contributed by atoms with Crippen molar-refractivity contribution in [3.8, 4) is 0 Å². The van der Waals surface area contributed by atoms with Crippen LogP contribution in [0.5, 0.6) is 0 Å². The minimum absolute atomic E-state index is 0.158. The molecule has 10 heteroatoms. The molecule has 3 rings (SSSR count). The summed E-state index contributed by atoms with van der Waals surface area (Å²) in [6, 6.07) is 7.40. The van der Waals surface area contributed by atoms with Gasteiger partial charge >= 0.3 is 6.18 Å². The van der Waals surface area contributed by atoms with E-state index in [1.807, 2.05) is 0 Å². The van der Waals surface area contributed by atoms with E-state index in [1.54, 1.807) is 16.7 Å². The number of aromatic nitrogens is 1. The van der Waals surface area contributed by atoms with Crippen LogP contribution in [0, 0.1) is 0 Å². The zero-order valence-corrected chi connectivity index (χ0v) is 16.7. The number of rotatable bonds is 4. The SMILES string of the molecule is COCCn1c(=NC(=O)c2cccc(C(F)(F)F)c2)sc2cc(Cl)cc(Cl)c21. The lowest BCUT2D eigenvalue weighted by atomic mass is 10.1. The van der Waals surface area contributed by atoms with E-state index >= 15 is 0 Å². The Morgan fingerprint density at radius 1 is 1.25 bits per heavy atom. The Morgan fingerprint density at radius 2 is 2.00 bits per heavy atom. The summed E-state index contributed by atoms with van der Waals surface area (Å²) in [4.78, 5) is 16.8. The molecular formula is C18H13Cl2F3N2O2S. The average molecular weight is 449 g/mol. The van der Waals surface area contributed by atoms with Crippen LogP contribution in [0.15, 0.2) is 41.4 Å². The van der Waals surface area contributed by atoms with Crippen LogP contribution in [-0.4, -0.2) is 24.2 Å². The van der Waals surface area contributed by atoms with Crippen molar-refractivity contribution in [3.63, 3.8) is 0 Å². The van der Waals surface area contributed by atoms with Gasteiger partial charge in [-0.2, -0.15) is 18.2 Å². The molecule has 4 nitrogen and oxygen atoms in total. The molecule has 3 aromatic rings. The average Bonchev–Trinajstić information content (AvgIpc) is 2.96. The third-order valence-corrected chi connectivity index (χ3v) is 5.38. The van der Waals surface area contributed by atoms with Gasteiger partial charge < -0.3 is 9.30 Å². The molecule has 0 unspecified atom stereocenters.